The first-order chi connectivity index (χ1) is 10.3. The van der Waals surface area contributed by atoms with Crippen molar-refractivity contribution in [1.82, 2.24) is 5.32 Å². The summed E-state index contributed by atoms with van der Waals surface area (Å²) in [6, 6.07) is -0.251. The summed E-state index contributed by atoms with van der Waals surface area (Å²) in [5, 5.41) is 2.95. The summed E-state index contributed by atoms with van der Waals surface area (Å²) in [5.74, 6) is 0. The minimum atomic E-state index is -1.88. The molecule has 1 atom stereocenters. The lowest BCUT2D eigenvalue weighted by Gasteiger charge is -2.37. The predicted octanol–water partition coefficient (Wildman–Crippen LogP) is 4.10. The molecule has 23 heavy (non-hydrogen) atoms. The molecule has 1 unspecified atom stereocenters. The van der Waals surface area contributed by atoms with E-state index in [2.05, 4.69) is 45.8 Å². The van der Waals surface area contributed by atoms with Gasteiger partial charge in [-0.1, -0.05) is 26.8 Å². The third-order valence-corrected chi connectivity index (χ3v) is 8.23. The summed E-state index contributed by atoms with van der Waals surface area (Å²) in [5.41, 5.74) is -0.531. The van der Waals surface area contributed by atoms with E-state index < -0.39 is 20.0 Å². The van der Waals surface area contributed by atoms with E-state index in [1.54, 1.807) is 6.08 Å². The lowest BCUT2D eigenvalue weighted by atomic mass is 10.2. The summed E-state index contributed by atoms with van der Waals surface area (Å²) in [7, 11) is -1.88. The molecular formula is C17H35NO4Si. The van der Waals surface area contributed by atoms with E-state index in [-0.39, 0.29) is 11.1 Å². The Morgan fingerprint density at radius 2 is 1.74 bits per heavy atom. The zero-order valence-corrected chi connectivity index (χ0v) is 17.1. The van der Waals surface area contributed by atoms with Crippen LogP contribution in [0, 0.1) is 0 Å². The zero-order chi connectivity index (χ0) is 18.3. The van der Waals surface area contributed by atoms with Crippen LogP contribution in [0.25, 0.3) is 0 Å². The topological polar surface area (TPSA) is 56.8 Å². The number of carbonyl (C=O) groups excluding carboxylic acids is 1. The predicted molar refractivity (Wildman–Crippen MR) is 97.3 cm³/mol. The third kappa shape index (κ3) is 9.79. The molecule has 0 saturated heterocycles. The minimum absolute atomic E-state index is 0.117. The Bertz CT molecular complexity index is 383. The quantitative estimate of drug-likeness (QED) is 0.409. The summed E-state index contributed by atoms with van der Waals surface area (Å²) >= 11 is 0. The van der Waals surface area contributed by atoms with Crippen LogP contribution in [0.4, 0.5) is 4.79 Å². The van der Waals surface area contributed by atoms with E-state index in [1.807, 2.05) is 20.8 Å². The number of carbonyl (C=O) groups is 1. The SMILES string of the molecule is C=CCOCC(CO[Si](C)(C)C(C)(C)C)NC(=O)OC(C)(C)C. The Balaban J connectivity index is 4.68. The van der Waals surface area contributed by atoms with Crippen molar-refractivity contribution in [2.75, 3.05) is 19.8 Å². The van der Waals surface area contributed by atoms with Gasteiger partial charge in [-0.3, -0.25) is 0 Å². The van der Waals surface area contributed by atoms with Crippen molar-refractivity contribution in [2.24, 2.45) is 0 Å². The summed E-state index contributed by atoms with van der Waals surface area (Å²) in [4.78, 5) is 12.0. The van der Waals surface area contributed by atoms with Gasteiger partial charge in [-0.15, -0.1) is 6.58 Å². The van der Waals surface area contributed by atoms with Gasteiger partial charge in [0.15, 0.2) is 8.32 Å². The van der Waals surface area contributed by atoms with Crippen LogP contribution in [0.15, 0.2) is 12.7 Å². The van der Waals surface area contributed by atoms with Crippen molar-refractivity contribution in [2.45, 2.75) is 71.3 Å². The largest absolute Gasteiger partial charge is 0.444 e. The maximum Gasteiger partial charge on any atom is 0.408 e. The van der Waals surface area contributed by atoms with E-state index in [0.717, 1.165) is 0 Å². The molecule has 0 aliphatic carbocycles. The van der Waals surface area contributed by atoms with Crippen LogP contribution in [0.5, 0.6) is 0 Å². The van der Waals surface area contributed by atoms with E-state index in [0.29, 0.717) is 19.8 Å². The lowest BCUT2D eigenvalue weighted by molar-refractivity contribution is 0.0415. The number of hydrogen-bond donors (Lipinski definition) is 1. The molecule has 136 valence electrons. The second-order valence-corrected chi connectivity index (χ2v) is 13.0. The van der Waals surface area contributed by atoms with Gasteiger partial charge in [0.25, 0.3) is 0 Å². The molecule has 0 heterocycles. The number of hydrogen-bond acceptors (Lipinski definition) is 4. The van der Waals surface area contributed by atoms with Gasteiger partial charge in [-0.25, -0.2) is 4.79 Å². The average molecular weight is 346 g/mol. The van der Waals surface area contributed by atoms with Crippen molar-refractivity contribution < 1.29 is 18.7 Å². The van der Waals surface area contributed by atoms with Gasteiger partial charge >= 0.3 is 6.09 Å². The third-order valence-electron chi connectivity index (χ3n) is 3.73. The van der Waals surface area contributed by atoms with Gasteiger partial charge in [0.1, 0.15) is 5.60 Å². The first-order valence-electron chi connectivity index (χ1n) is 8.10. The van der Waals surface area contributed by atoms with Gasteiger partial charge in [0.05, 0.1) is 25.9 Å². The Labute approximate surface area is 142 Å². The molecule has 0 radical (unpaired) electrons. The number of rotatable bonds is 8. The van der Waals surface area contributed by atoms with E-state index in [9.17, 15) is 4.79 Å². The highest BCUT2D eigenvalue weighted by atomic mass is 28.4. The number of nitrogens with one attached hydrogen (secondary N) is 1. The fourth-order valence-electron chi connectivity index (χ4n) is 1.42. The van der Waals surface area contributed by atoms with Crippen LogP contribution in [0.1, 0.15) is 41.5 Å². The van der Waals surface area contributed by atoms with Crippen LogP contribution < -0.4 is 5.32 Å². The van der Waals surface area contributed by atoms with E-state index in [1.165, 1.54) is 0 Å². The molecule has 0 saturated carbocycles. The number of amides is 1. The molecule has 0 aliphatic rings. The Hall–Kier alpha value is -0.853. The van der Waals surface area contributed by atoms with Gasteiger partial charge in [-0.05, 0) is 38.9 Å². The minimum Gasteiger partial charge on any atom is -0.444 e. The van der Waals surface area contributed by atoms with Crippen molar-refractivity contribution >= 4 is 14.4 Å². The van der Waals surface area contributed by atoms with Gasteiger partial charge in [-0.2, -0.15) is 0 Å². The molecule has 1 amide bonds. The van der Waals surface area contributed by atoms with Crippen molar-refractivity contribution in [3.05, 3.63) is 12.7 Å². The van der Waals surface area contributed by atoms with Crippen molar-refractivity contribution in [3.8, 4) is 0 Å². The van der Waals surface area contributed by atoms with Crippen LogP contribution in [0.2, 0.25) is 18.1 Å². The monoisotopic (exact) mass is 345 g/mol. The second-order valence-electron chi connectivity index (χ2n) is 8.24. The molecule has 0 fully saturated rings. The maximum atomic E-state index is 12.0. The Morgan fingerprint density at radius 3 is 2.17 bits per heavy atom. The van der Waals surface area contributed by atoms with Crippen LogP contribution >= 0.6 is 0 Å². The Kier molecular flexibility index (Phi) is 8.52. The first kappa shape index (κ1) is 22.1. The van der Waals surface area contributed by atoms with Crippen molar-refractivity contribution in [1.29, 1.82) is 0 Å². The summed E-state index contributed by atoms with van der Waals surface area (Å²) in [6.45, 7) is 21.3. The van der Waals surface area contributed by atoms with Crippen LogP contribution in [-0.2, 0) is 13.9 Å². The highest BCUT2D eigenvalue weighted by Gasteiger charge is 2.37. The molecule has 0 aromatic carbocycles. The average Bonchev–Trinajstić information content (AvgIpc) is 2.32. The molecule has 1 N–H and O–H groups in total. The van der Waals surface area contributed by atoms with Crippen LogP contribution in [0.3, 0.4) is 0 Å². The van der Waals surface area contributed by atoms with E-state index >= 15 is 0 Å². The smallest absolute Gasteiger partial charge is 0.408 e. The Morgan fingerprint density at radius 1 is 1.17 bits per heavy atom. The molecule has 0 aromatic rings. The maximum absolute atomic E-state index is 12.0. The summed E-state index contributed by atoms with van der Waals surface area (Å²) in [6.07, 6.45) is 1.22. The molecule has 0 bridgehead atoms. The zero-order valence-electron chi connectivity index (χ0n) is 16.1. The lowest BCUT2D eigenvalue weighted by Crippen LogP contribution is -2.48. The van der Waals surface area contributed by atoms with Gasteiger partial charge in [0, 0.05) is 0 Å². The van der Waals surface area contributed by atoms with Gasteiger partial charge < -0.3 is 19.2 Å². The molecular weight excluding hydrogens is 310 g/mol. The van der Waals surface area contributed by atoms with Gasteiger partial charge in [0.2, 0.25) is 0 Å². The standard InChI is InChI=1S/C17H35NO4Si/c1-10-11-20-12-14(18-15(19)22-16(2,3)4)13-21-23(8,9)17(5,6)7/h10,14H,1,11-13H2,2-9H3,(H,18,19). The van der Waals surface area contributed by atoms with Crippen molar-refractivity contribution in [3.63, 3.8) is 0 Å². The van der Waals surface area contributed by atoms with Crippen LogP contribution in [-0.4, -0.2) is 45.9 Å². The molecule has 0 aliphatic heterocycles. The highest BCUT2D eigenvalue weighted by Crippen LogP contribution is 2.36. The summed E-state index contributed by atoms with van der Waals surface area (Å²) < 4.78 is 17.0. The normalized spacial score (nSPS) is 14.3. The second kappa shape index (κ2) is 8.85. The molecule has 6 heteroatoms. The molecule has 5 nitrogen and oxygen atoms in total. The highest BCUT2D eigenvalue weighted by molar-refractivity contribution is 6.74. The number of ether oxygens (including phenoxy) is 2. The first-order valence-corrected chi connectivity index (χ1v) is 11.0. The fourth-order valence-corrected chi connectivity index (χ4v) is 2.48. The molecule has 0 spiro atoms. The fraction of sp³-hybridized carbons (Fsp3) is 0.824. The molecule has 0 rings (SSSR count). The van der Waals surface area contributed by atoms with E-state index in [4.69, 9.17) is 13.9 Å². The molecule has 0 aromatic heterocycles. The number of alkyl carbamates (subject to hydrolysis) is 1.